The van der Waals surface area contributed by atoms with Crippen molar-refractivity contribution in [2.75, 3.05) is 24.3 Å². The summed E-state index contributed by atoms with van der Waals surface area (Å²) in [6.07, 6.45) is 6.31. The Morgan fingerprint density at radius 3 is 2.39 bits per heavy atom. The van der Waals surface area contributed by atoms with Crippen molar-refractivity contribution in [3.63, 3.8) is 0 Å². The van der Waals surface area contributed by atoms with Gasteiger partial charge in [0.25, 0.3) is 5.91 Å². The summed E-state index contributed by atoms with van der Waals surface area (Å²) in [7, 11) is 3.83. The van der Waals surface area contributed by atoms with Gasteiger partial charge in [-0.2, -0.15) is 0 Å². The predicted octanol–water partition coefficient (Wildman–Crippen LogP) is 2.77. The maximum atomic E-state index is 12.5. The molecule has 0 aliphatic heterocycles. The number of hydrogen-bond donors (Lipinski definition) is 2. The quantitative estimate of drug-likeness (QED) is 0.878. The Hall–Kier alpha value is -2.04. The molecule has 124 valence electrons. The molecule has 2 aliphatic rings. The molecule has 0 bridgehead atoms. The van der Waals surface area contributed by atoms with Crippen molar-refractivity contribution in [2.24, 2.45) is 5.92 Å². The Morgan fingerprint density at radius 1 is 1.09 bits per heavy atom. The van der Waals surface area contributed by atoms with Crippen LogP contribution in [0.3, 0.4) is 0 Å². The highest BCUT2D eigenvalue weighted by Gasteiger charge is 2.26. The first-order valence-electron chi connectivity index (χ1n) is 8.47. The number of benzene rings is 1. The normalized spacial score (nSPS) is 17.8. The average molecular weight is 315 g/mol. The van der Waals surface area contributed by atoms with E-state index in [-0.39, 0.29) is 17.7 Å². The molecular formula is C18H25N3O2. The highest BCUT2D eigenvalue weighted by Crippen LogP contribution is 2.28. The molecule has 2 fully saturated rings. The van der Waals surface area contributed by atoms with Crippen LogP contribution in [0.2, 0.25) is 0 Å². The van der Waals surface area contributed by atoms with Crippen LogP contribution in [0.25, 0.3) is 0 Å². The molecule has 0 atom stereocenters. The van der Waals surface area contributed by atoms with E-state index < -0.39 is 0 Å². The zero-order valence-corrected chi connectivity index (χ0v) is 13.9. The molecule has 0 spiro atoms. The van der Waals surface area contributed by atoms with E-state index in [4.69, 9.17) is 0 Å². The lowest BCUT2D eigenvalue weighted by atomic mass is 10.1. The molecule has 0 heterocycles. The maximum Gasteiger partial charge on any atom is 0.253 e. The van der Waals surface area contributed by atoms with Crippen LogP contribution in [0.5, 0.6) is 0 Å². The molecular weight excluding hydrogens is 290 g/mol. The third-order valence-electron chi connectivity index (χ3n) is 4.63. The Balaban J connectivity index is 1.77. The monoisotopic (exact) mass is 315 g/mol. The van der Waals surface area contributed by atoms with E-state index in [0.717, 1.165) is 44.2 Å². The van der Waals surface area contributed by atoms with Gasteiger partial charge in [-0.1, -0.05) is 12.8 Å². The highest BCUT2D eigenvalue weighted by molar-refractivity contribution is 6.02. The second-order valence-corrected chi connectivity index (χ2v) is 6.84. The SMILES string of the molecule is CN(C)c1ccc(NC(=O)C2CCCC2)cc1C(=O)NC1CC1. The Morgan fingerprint density at radius 2 is 1.78 bits per heavy atom. The van der Waals surface area contributed by atoms with E-state index in [1.807, 2.05) is 31.1 Å². The number of nitrogens with one attached hydrogen (secondary N) is 2. The van der Waals surface area contributed by atoms with Gasteiger partial charge in [-0.25, -0.2) is 0 Å². The fourth-order valence-electron chi connectivity index (χ4n) is 3.11. The number of nitrogens with zero attached hydrogens (tertiary/aromatic N) is 1. The van der Waals surface area contributed by atoms with Crippen LogP contribution in [0, 0.1) is 5.92 Å². The summed E-state index contributed by atoms with van der Waals surface area (Å²) in [4.78, 5) is 26.7. The number of anilines is 2. The zero-order valence-electron chi connectivity index (χ0n) is 13.9. The molecule has 2 saturated carbocycles. The fourth-order valence-corrected chi connectivity index (χ4v) is 3.11. The van der Waals surface area contributed by atoms with Crippen LogP contribution in [0.4, 0.5) is 11.4 Å². The van der Waals surface area contributed by atoms with Gasteiger partial charge in [0.15, 0.2) is 0 Å². The van der Waals surface area contributed by atoms with Crippen molar-refractivity contribution < 1.29 is 9.59 Å². The fraction of sp³-hybridized carbons (Fsp3) is 0.556. The van der Waals surface area contributed by atoms with Crippen molar-refractivity contribution in [1.29, 1.82) is 0 Å². The van der Waals surface area contributed by atoms with Crippen LogP contribution in [-0.4, -0.2) is 32.0 Å². The molecule has 5 heteroatoms. The molecule has 2 N–H and O–H groups in total. The van der Waals surface area contributed by atoms with Crippen molar-refractivity contribution in [1.82, 2.24) is 5.32 Å². The minimum atomic E-state index is -0.0619. The maximum absolute atomic E-state index is 12.5. The van der Waals surface area contributed by atoms with Gasteiger partial charge < -0.3 is 15.5 Å². The molecule has 2 aliphatic carbocycles. The molecule has 2 amide bonds. The van der Waals surface area contributed by atoms with Gasteiger partial charge in [-0.05, 0) is 43.9 Å². The molecule has 23 heavy (non-hydrogen) atoms. The lowest BCUT2D eigenvalue weighted by Crippen LogP contribution is -2.28. The second kappa shape index (κ2) is 6.60. The number of hydrogen-bond acceptors (Lipinski definition) is 3. The van der Waals surface area contributed by atoms with Gasteiger partial charge in [0.05, 0.1) is 5.56 Å². The Bertz CT molecular complexity index is 602. The van der Waals surface area contributed by atoms with Crippen molar-refractivity contribution in [2.45, 2.75) is 44.6 Å². The van der Waals surface area contributed by atoms with Gasteiger partial charge in [-0.3, -0.25) is 9.59 Å². The number of rotatable bonds is 5. The topological polar surface area (TPSA) is 61.4 Å². The molecule has 0 saturated heterocycles. The van der Waals surface area contributed by atoms with Gasteiger partial charge >= 0.3 is 0 Å². The molecule has 5 nitrogen and oxygen atoms in total. The minimum Gasteiger partial charge on any atom is -0.377 e. The first-order chi connectivity index (χ1) is 11.0. The number of carbonyl (C=O) groups excluding carboxylic acids is 2. The summed E-state index contributed by atoms with van der Waals surface area (Å²) in [5.41, 5.74) is 2.18. The van der Waals surface area contributed by atoms with E-state index in [1.165, 1.54) is 0 Å². The molecule has 3 rings (SSSR count). The van der Waals surface area contributed by atoms with Crippen molar-refractivity contribution in [3.05, 3.63) is 23.8 Å². The molecule has 0 radical (unpaired) electrons. The van der Waals surface area contributed by atoms with Gasteiger partial charge in [0, 0.05) is 37.4 Å². The average Bonchev–Trinajstić information content (AvgIpc) is 3.16. The van der Waals surface area contributed by atoms with Crippen molar-refractivity contribution >= 4 is 23.2 Å². The smallest absolute Gasteiger partial charge is 0.253 e. The van der Waals surface area contributed by atoms with E-state index in [2.05, 4.69) is 10.6 Å². The molecule has 0 unspecified atom stereocenters. The standard InChI is InChI=1S/C18H25N3O2/c1-21(2)16-10-9-14(20-17(22)12-5-3-4-6-12)11-15(16)18(23)19-13-7-8-13/h9-13H,3-8H2,1-2H3,(H,19,23)(H,20,22). The highest BCUT2D eigenvalue weighted by atomic mass is 16.2. The zero-order chi connectivity index (χ0) is 16.4. The van der Waals surface area contributed by atoms with Gasteiger partial charge in [-0.15, -0.1) is 0 Å². The Kier molecular flexibility index (Phi) is 4.55. The summed E-state index contributed by atoms with van der Waals surface area (Å²) < 4.78 is 0. The van der Waals surface area contributed by atoms with Gasteiger partial charge in [0.1, 0.15) is 0 Å². The third-order valence-corrected chi connectivity index (χ3v) is 4.63. The van der Waals surface area contributed by atoms with Crippen LogP contribution in [-0.2, 0) is 4.79 Å². The van der Waals surface area contributed by atoms with Crippen molar-refractivity contribution in [3.8, 4) is 0 Å². The van der Waals surface area contributed by atoms with Crippen LogP contribution in [0.1, 0.15) is 48.9 Å². The third kappa shape index (κ3) is 3.84. The van der Waals surface area contributed by atoms with Crippen LogP contribution < -0.4 is 15.5 Å². The summed E-state index contributed by atoms with van der Waals surface area (Å²) in [6.45, 7) is 0. The lowest BCUT2D eigenvalue weighted by Gasteiger charge is -2.19. The summed E-state index contributed by atoms with van der Waals surface area (Å²) in [5.74, 6) is 0.133. The van der Waals surface area contributed by atoms with E-state index >= 15 is 0 Å². The van der Waals surface area contributed by atoms with E-state index in [1.54, 1.807) is 6.07 Å². The van der Waals surface area contributed by atoms with Gasteiger partial charge in [0.2, 0.25) is 5.91 Å². The summed E-state index contributed by atoms with van der Waals surface area (Å²) in [5, 5.41) is 6.00. The number of amides is 2. The number of carbonyl (C=O) groups is 2. The second-order valence-electron chi connectivity index (χ2n) is 6.84. The summed E-state index contributed by atoms with van der Waals surface area (Å²) >= 11 is 0. The molecule has 0 aromatic heterocycles. The lowest BCUT2D eigenvalue weighted by molar-refractivity contribution is -0.119. The van der Waals surface area contributed by atoms with Crippen LogP contribution in [0.15, 0.2) is 18.2 Å². The Labute approximate surface area is 137 Å². The first-order valence-corrected chi connectivity index (χ1v) is 8.47. The summed E-state index contributed by atoms with van der Waals surface area (Å²) in [6, 6.07) is 5.87. The predicted molar refractivity (Wildman–Crippen MR) is 91.8 cm³/mol. The largest absolute Gasteiger partial charge is 0.377 e. The molecule has 1 aromatic rings. The minimum absolute atomic E-state index is 0.0619. The molecule has 1 aromatic carbocycles. The first kappa shape index (κ1) is 15.8. The van der Waals surface area contributed by atoms with E-state index in [0.29, 0.717) is 17.3 Å². The van der Waals surface area contributed by atoms with E-state index in [9.17, 15) is 9.59 Å². The van der Waals surface area contributed by atoms with Crippen LogP contribution >= 0.6 is 0 Å².